The predicted molar refractivity (Wildman–Crippen MR) is 63.4 cm³/mol. The molecule has 2 aliphatic rings. The van der Waals surface area contributed by atoms with Crippen molar-refractivity contribution >= 4 is 5.97 Å². The van der Waals surface area contributed by atoms with Crippen LogP contribution in [0.2, 0.25) is 0 Å². The second kappa shape index (κ2) is 5.17. The predicted octanol–water partition coefficient (Wildman–Crippen LogP) is 2.36. The van der Waals surface area contributed by atoms with Gasteiger partial charge in [-0.15, -0.1) is 0 Å². The van der Waals surface area contributed by atoms with Crippen LogP contribution in [0.3, 0.4) is 0 Å². The third-order valence-corrected chi connectivity index (χ3v) is 4.49. The van der Waals surface area contributed by atoms with Gasteiger partial charge in [-0.1, -0.05) is 13.3 Å². The Kier molecular flexibility index (Phi) is 3.85. The molecule has 1 saturated carbocycles. The Balaban J connectivity index is 1.79. The average molecular weight is 225 g/mol. The van der Waals surface area contributed by atoms with Crippen LogP contribution in [-0.2, 0) is 4.79 Å². The van der Waals surface area contributed by atoms with Crippen LogP contribution in [-0.4, -0.2) is 35.1 Å². The van der Waals surface area contributed by atoms with Crippen LogP contribution in [0.5, 0.6) is 0 Å². The summed E-state index contributed by atoms with van der Waals surface area (Å²) in [5, 5.41) is 8.95. The van der Waals surface area contributed by atoms with E-state index in [4.69, 9.17) is 5.11 Å². The maximum Gasteiger partial charge on any atom is 0.306 e. The molecule has 0 radical (unpaired) electrons. The van der Waals surface area contributed by atoms with E-state index in [9.17, 15) is 4.79 Å². The summed E-state index contributed by atoms with van der Waals surface area (Å²) in [6.45, 7) is 4.28. The van der Waals surface area contributed by atoms with Crippen LogP contribution in [0.4, 0.5) is 0 Å². The van der Waals surface area contributed by atoms with Gasteiger partial charge in [0.1, 0.15) is 0 Å². The number of likely N-dealkylation sites (tertiary alicyclic amines) is 1. The van der Waals surface area contributed by atoms with Gasteiger partial charge in [0.15, 0.2) is 0 Å². The number of carboxylic acid groups (broad SMARTS) is 1. The first kappa shape index (κ1) is 11.9. The van der Waals surface area contributed by atoms with Crippen molar-refractivity contribution in [3.8, 4) is 0 Å². The molecule has 3 nitrogen and oxygen atoms in total. The summed E-state index contributed by atoms with van der Waals surface area (Å²) in [6.07, 6.45) is 7.05. The van der Waals surface area contributed by atoms with Gasteiger partial charge in [0.25, 0.3) is 0 Å². The third-order valence-electron chi connectivity index (χ3n) is 4.49. The lowest BCUT2D eigenvalue weighted by Crippen LogP contribution is -2.41. The molecule has 0 aromatic rings. The zero-order valence-electron chi connectivity index (χ0n) is 10.2. The molecule has 2 rings (SSSR count). The molecule has 16 heavy (non-hydrogen) atoms. The lowest BCUT2D eigenvalue weighted by molar-refractivity contribution is -0.143. The number of rotatable bonds is 3. The second-order valence-corrected chi connectivity index (χ2v) is 5.39. The van der Waals surface area contributed by atoms with Gasteiger partial charge in [0.2, 0.25) is 0 Å². The highest BCUT2D eigenvalue weighted by molar-refractivity contribution is 5.70. The number of nitrogens with zero attached hydrogens (tertiary/aromatic N) is 1. The molecule has 2 fully saturated rings. The van der Waals surface area contributed by atoms with Crippen molar-refractivity contribution in [2.45, 2.75) is 51.5 Å². The number of hydrogen-bond acceptors (Lipinski definition) is 2. The van der Waals surface area contributed by atoms with Gasteiger partial charge in [-0.2, -0.15) is 0 Å². The van der Waals surface area contributed by atoms with Crippen molar-refractivity contribution in [2.24, 2.45) is 11.8 Å². The zero-order valence-corrected chi connectivity index (χ0v) is 10.2. The molecule has 0 aromatic heterocycles. The van der Waals surface area contributed by atoms with Gasteiger partial charge in [-0.25, -0.2) is 0 Å². The third kappa shape index (κ3) is 2.57. The molecule has 92 valence electrons. The Labute approximate surface area is 97.8 Å². The molecule has 0 amide bonds. The standard InChI is InChI=1S/C13H23NO2/c1-2-10-3-4-12(9-10)14-7-5-11(6-8-14)13(15)16/h10-12H,2-9H2,1H3,(H,15,16). The minimum absolute atomic E-state index is 0.0837. The number of piperidine rings is 1. The molecule has 0 bridgehead atoms. The molecule has 0 spiro atoms. The Bertz CT molecular complexity index is 246. The molecular formula is C13H23NO2. The van der Waals surface area contributed by atoms with Gasteiger partial charge in [0.05, 0.1) is 5.92 Å². The molecule has 0 aromatic carbocycles. The van der Waals surface area contributed by atoms with E-state index in [1.165, 1.54) is 25.7 Å². The molecule has 2 unspecified atom stereocenters. The molecule has 1 aliphatic carbocycles. The number of aliphatic carboxylic acids is 1. The lowest BCUT2D eigenvalue weighted by Gasteiger charge is -2.34. The van der Waals surface area contributed by atoms with E-state index in [1.54, 1.807) is 0 Å². The normalized spacial score (nSPS) is 33.1. The lowest BCUT2D eigenvalue weighted by atomic mass is 9.95. The first-order valence-corrected chi connectivity index (χ1v) is 6.67. The Morgan fingerprint density at radius 1 is 1.25 bits per heavy atom. The van der Waals surface area contributed by atoms with E-state index in [1.807, 2.05) is 0 Å². The monoisotopic (exact) mass is 225 g/mol. The van der Waals surface area contributed by atoms with Crippen molar-refractivity contribution in [1.82, 2.24) is 4.90 Å². The van der Waals surface area contributed by atoms with Crippen LogP contribution in [0.1, 0.15) is 45.4 Å². The summed E-state index contributed by atoms with van der Waals surface area (Å²) >= 11 is 0. The summed E-state index contributed by atoms with van der Waals surface area (Å²) in [5.41, 5.74) is 0. The Hall–Kier alpha value is -0.570. The molecular weight excluding hydrogens is 202 g/mol. The topological polar surface area (TPSA) is 40.5 Å². The number of carbonyl (C=O) groups is 1. The maximum absolute atomic E-state index is 10.9. The average Bonchev–Trinajstić information content (AvgIpc) is 2.77. The Morgan fingerprint density at radius 3 is 2.44 bits per heavy atom. The molecule has 1 aliphatic heterocycles. The van der Waals surface area contributed by atoms with Crippen LogP contribution in [0.25, 0.3) is 0 Å². The summed E-state index contributed by atoms with van der Waals surface area (Å²) < 4.78 is 0. The highest BCUT2D eigenvalue weighted by atomic mass is 16.4. The van der Waals surface area contributed by atoms with Gasteiger partial charge < -0.3 is 10.0 Å². The molecule has 2 atom stereocenters. The van der Waals surface area contributed by atoms with Crippen LogP contribution in [0, 0.1) is 11.8 Å². The molecule has 3 heteroatoms. The van der Waals surface area contributed by atoms with Crippen molar-refractivity contribution in [3.05, 3.63) is 0 Å². The molecule has 1 saturated heterocycles. The van der Waals surface area contributed by atoms with Gasteiger partial charge in [-0.05, 0) is 51.1 Å². The van der Waals surface area contributed by atoms with E-state index in [0.717, 1.165) is 37.9 Å². The summed E-state index contributed by atoms with van der Waals surface area (Å²) in [6, 6.07) is 0.750. The highest BCUT2D eigenvalue weighted by Crippen LogP contribution is 2.33. The van der Waals surface area contributed by atoms with Crippen LogP contribution in [0.15, 0.2) is 0 Å². The fourth-order valence-corrected chi connectivity index (χ4v) is 3.26. The first-order valence-electron chi connectivity index (χ1n) is 6.67. The highest BCUT2D eigenvalue weighted by Gasteiger charge is 2.32. The smallest absolute Gasteiger partial charge is 0.306 e. The van der Waals surface area contributed by atoms with Crippen molar-refractivity contribution in [3.63, 3.8) is 0 Å². The second-order valence-electron chi connectivity index (χ2n) is 5.39. The van der Waals surface area contributed by atoms with Crippen molar-refractivity contribution in [1.29, 1.82) is 0 Å². The van der Waals surface area contributed by atoms with Gasteiger partial charge in [0, 0.05) is 6.04 Å². The SMILES string of the molecule is CCC1CCC(N2CCC(C(=O)O)CC2)C1. The largest absolute Gasteiger partial charge is 0.481 e. The summed E-state index contributed by atoms with van der Waals surface area (Å²) in [7, 11) is 0. The maximum atomic E-state index is 10.9. The molecule has 1 heterocycles. The van der Waals surface area contributed by atoms with Crippen LogP contribution >= 0.6 is 0 Å². The van der Waals surface area contributed by atoms with Gasteiger partial charge >= 0.3 is 5.97 Å². The summed E-state index contributed by atoms with van der Waals surface area (Å²) in [4.78, 5) is 13.4. The molecule has 1 N–H and O–H groups in total. The number of hydrogen-bond donors (Lipinski definition) is 1. The fraction of sp³-hybridized carbons (Fsp3) is 0.923. The Morgan fingerprint density at radius 2 is 1.94 bits per heavy atom. The zero-order chi connectivity index (χ0) is 11.5. The summed E-state index contributed by atoms with van der Waals surface area (Å²) in [5.74, 6) is 0.235. The van der Waals surface area contributed by atoms with E-state index in [0.29, 0.717) is 0 Å². The number of carboxylic acids is 1. The van der Waals surface area contributed by atoms with Crippen molar-refractivity contribution < 1.29 is 9.90 Å². The van der Waals surface area contributed by atoms with E-state index >= 15 is 0 Å². The minimum atomic E-state index is -0.600. The van der Waals surface area contributed by atoms with E-state index in [2.05, 4.69) is 11.8 Å². The van der Waals surface area contributed by atoms with E-state index in [-0.39, 0.29) is 5.92 Å². The van der Waals surface area contributed by atoms with Gasteiger partial charge in [-0.3, -0.25) is 4.79 Å². The van der Waals surface area contributed by atoms with E-state index < -0.39 is 5.97 Å². The first-order chi connectivity index (χ1) is 7.70. The van der Waals surface area contributed by atoms with Crippen LogP contribution < -0.4 is 0 Å². The van der Waals surface area contributed by atoms with Crippen molar-refractivity contribution in [2.75, 3.05) is 13.1 Å². The fourth-order valence-electron chi connectivity index (χ4n) is 3.26. The minimum Gasteiger partial charge on any atom is -0.481 e. The quantitative estimate of drug-likeness (QED) is 0.801.